The molecule has 1 rings (SSSR count). The summed E-state index contributed by atoms with van der Waals surface area (Å²) < 4.78 is 22.9. The molecule has 0 aromatic carbocycles. The minimum Gasteiger partial charge on any atom is -0.271 e. The van der Waals surface area contributed by atoms with Gasteiger partial charge in [0.25, 0.3) is 0 Å². The molecule has 0 saturated carbocycles. The molecule has 18 heavy (non-hydrogen) atoms. The van der Waals surface area contributed by atoms with Gasteiger partial charge in [0.2, 0.25) is 0 Å². The van der Waals surface area contributed by atoms with E-state index in [1.54, 1.807) is 18.3 Å². The van der Waals surface area contributed by atoms with Crippen molar-refractivity contribution in [2.75, 3.05) is 11.5 Å². The molecule has 6 heteroatoms. The first-order chi connectivity index (χ1) is 8.54. The highest BCUT2D eigenvalue weighted by molar-refractivity contribution is 7.91. The topological polar surface area (TPSA) is 72.2 Å². The van der Waals surface area contributed by atoms with E-state index < -0.39 is 9.84 Å². The minimum atomic E-state index is -2.87. The largest absolute Gasteiger partial charge is 0.271 e. The average Bonchev–Trinajstić information content (AvgIpc) is 2.82. The second kappa shape index (κ2) is 7.23. The third-order valence-corrected chi connectivity index (χ3v) is 5.93. The first kappa shape index (κ1) is 15.6. The zero-order chi connectivity index (χ0) is 13.6. The molecule has 0 aliphatic rings. The van der Waals surface area contributed by atoms with E-state index in [0.717, 1.165) is 12.8 Å². The molecule has 4 nitrogen and oxygen atoms in total. The smallest absolute Gasteiger partial charge is 0.150 e. The monoisotopic (exact) mass is 290 g/mol. The van der Waals surface area contributed by atoms with Gasteiger partial charge in [0.1, 0.15) is 9.84 Å². The van der Waals surface area contributed by atoms with Crippen LogP contribution in [0, 0.1) is 0 Å². The van der Waals surface area contributed by atoms with Crippen molar-refractivity contribution in [1.29, 1.82) is 0 Å². The molecular formula is C12H22N2O2S2. The van der Waals surface area contributed by atoms with Gasteiger partial charge in [-0.1, -0.05) is 13.8 Å². The maximum Gasteiger partial charge on any atom is 0.150 e. The second-order valence-electron chi connectivity index (χ2n) is 4.26. The Kier molecular flexibility index (Phi) is 6.28. The summed E-state index contributed by atoms with van der Waals surface area (Å²) in [5, 5.41) is 2.06. The van der Waals surface area contributed by atoms with E-state index in [1.165, 1.54) is 10.4 Å². The van der Waals surface area contributed by atoms with E-state index in [4.69, 9.17) is 5.84 Å². The lowest BCUT2D eigenvalue weighted by atomic mass is 10.1. The quantitative estimate of drug-likeness (QED) is 0.567. The molecular weight excluding hydrogens is 268 g/mol. The van der Waals surface area contributed by atoms with E-state index in [9.17, 15) is 8.42 Å². The van der Waals surface area contributed by atoms with Gasteiger partial charge in [0.05, 0.1) is 11.8 Å². The van der Waals surface area contributed by atoms with Crippen LogP contribution in [0.5, 0.6) is 0 Å². The molecule has 1 heterocycles. The van der Waals surface area contributed by atoms with Crippen molar-refractivity contribution in [3.05, 3.63) is 21.9 Å². The van der Waals surface area contributed by atoms with Crippen LogP contribution < -0.4 is 11.3 Å². The van der Waals surface area contributed by atoms with Gasteiger partial charge < -0.3 is 0 Å². The van der Waals surface area contributed by atoms with Crippen molar-refractivity contribution in [2.45, 2.75) is 39.2 Å². The average molecular weight is 290 g/mol. The highest BCUT2D eigenvalue weighted by atomic mass is 32.2. The Bertz CT molecular complexity index is 454. The van der Waals surface area contributed by atoms with Crippen molar-refractivity contribution in [3.8, 4) is 0 Å². The third kappa shape index (κ3) is 4.35. The fraction of sp³-hybridized carbons (Fsp3) is 0.667. The molecule has 0 bridgehead atoms. The molecule has 0 amide bonds. The predicted octanol–water partition coefficient (Wildman–Crippen LogP) is 2.03. The van der Waals surface area contributed by atoms with Crippen molar-refractivity contribution in [3.63, 3.8) is 0 Å². The molecule has 1 aromatic rings. The Labute approximate surface area is 113 Å². The maximum absolute atomic E-state index is 11.4. The molecule has 0 aliphatic carbocycles. The molecule has 104 valence electrons. The molecule has 0 saturated heterocycles. The van der Waals surface area contributed by atoms with Crippen LogP contribution >= 0.6 is 11.3 Å². The van der Waals surface area contributed by atoms with E-state index in [1.807, 2.05) is 0 Å². The highest BCUT2D eigenvalue weighted by Crippen LogP contribution is 2.27. The highest BCUT2D eigenvalue weighted by Gasteiger charge is 2.16. The predicted molar refractivity (Wildman–Crippen MR) is 77.3 cm³/mol. The van der Waals surface area contributed by atoms with Gasteiger partial charge in [-0.2, -0.15) is 0 Å². The molecule has 0 radical (unpaired) electrons. The van der Waals surface area contributed by atoms with E-state index in [2.05, 4.69) is 23.8 Å². The Morgan fingerprint density at radius 3 is 2.72 bits per heavy atom. The number of hydrogen-bond donors (Lipinski definition) is 2. The van der Waals surface area contributed by atoms with Gasteiger partial charge in [0, 0.05) is 10.6 Å². The summed E-state index contributed by atoms with van der Waals surface area (Å²) in [4.78, 5) is 1.23. The van der Waals surface area contributed by atoms with Crippen molar-refractivity contribution < 1.29 is 8.42 Å². The number of sulfone groups is 1. The Balaban J connectivity index is 2.58. The number of nitrogens with two attached hydrogens (primary N) is 1. The fourth-order valence-corrected chi connectivity index (χ4v) is 3.88. The van der Waals surface area contributed by atoms with Gasteiger partial charge in [0.15, 0.2) is 0 Å². The zero-order valence-corrected chi connectivity index (χ0v) is 12.6. The number of rotatable bonds is 8. The summed E-state index contributed by atoms with van der Waals surface area (Å²) in [5.74, 6) is 6.04. The lowest BCUT2D eigenvalue weighted by Gasteiger charge is -2.16. The lowest BCUT2D eigenvalue weighted by molar-refractivity contribution is 0.511. The van der Waals surface area contributed by atoms with Crippen LogP contribution in [-0.4, -0.2) is 19.9 Å². The van der Waals surface area contributed by atoms with Gasteiger partial charge in [-0.05, 0) is 36.3 Å². The summed E-state index contributed by atoms with van der Waals surface area (Å²) in [5.41, 5.74) is 4.09. The summed E-state index contributed by atoms with van der Waals surface area (Å²) in [6.07, 6.45) is 2.37. The Morgan fingerprint density at radius 1 is 1.44 bits per heavy atom. The molecule has 0 aliphatic heterocycles. The molecule has 0 spiro atoms. The number of nitrogens with one attached hydrogen (secondary N) is 1. The molecule has 3 N–H and O–H groups in total. The van der Waals surface area contributed by atoms with E-state index in [0.29, 0.717) is 6.42 Å². The molecule has 0 fully saturated rings. The van der Waals surface area contributed by atoms with Gasteiger partial charge in [-0.25, -0.2) is 8.42 Å². The van der Waals surface area contributed by atoms with Crippen molar-refractivity contribution in [2.24, 2.45) is 5.84 Å². The molecule has 1 unspecified atom stereocenters. The van der Waals surface area contributed by atoms with Gasteiger partial charge in [-0.3, -0.25) is 11.3 Å². The second-order valence-corrected chi connectivity index (χ2v) is 7.68. The van der Waals surface area contributed by atoms with Crippen LogP contribution in [0.3, 0.4) is 0 Å². The zero-order valence-electron chi connectivity index (χ0n) is 11.0. The summed E-state index contributed by atoms with van der Waals surface area (Å²) in [6.45, 7) is 3.79. The van der Waals surface area contributed by atoms with Crippen molar-refractivity contribution in [1.82, 2.24) is 5.43 Å². The van der Waals surface area contributed by atoms with Crippen LogP contribution in [0.2, 0.25) is 0 Å². The Morgan fingerprint density at radius 2 is 2.17 bits per heavy atom. The summed E-state index contributed by atoms with van der Waals surface area (Å²) in [6, 6.07) is 2.17. The van der Waals surface area contributed by atoms with Crippen molar-refractivity contribution >= 4 is 21.2 Å². The van der Waals surface area contributed by atoms with Gasteiger partial charge in [-0.15, -0.1) is 11.3 Å². The first-order valence-corrected chi connectivity index (χ1v) is 8.97. The molecule has 1 atom stereocenters. The standard InChI is InChI=1S/C12H22N2O2S2/c1-3-10-7-8-17-12(10)11(14-13)6-5-9-18(15,16)4-2/h7-8,11,14H,3-6,9,13H2,1-2H3. The normalized spacial score (nSPS) is 13.7. The lowest BCUT2D eigenvalue weighted by Crippen LogP contribution is -2.28. The van der Waals surface area contributed by atoms with Crippen LogP contribution in [0.25, 0.3) is 0 Å². The van der Waals surface area contributed by atoms with Crippen LogP contribution in [0.4, 0.5) is 0 Å². The number of aryl methyl sites for hydroxylation is 1. The Hall–Kier alpha value is -0.430. The summed E-state index contributed by atoms with van der Waals surface area (Å²) >= 11 is 1.68. The van der Waals surface area contributed by atoms with Gasteiger partial charge >= 0.3 is 0 Å². The SMILES string of the molecule is CCc1ccsc1C(CCCS(=O)(=O)CC)NN. The van der Waals surface area contributed by atoms with Crippen LogP contribution in [0.1, 0.15) is 43.2 Å². The number of hydrazine groups is 1. The fourth-order valence-electron chi connectivity index (χ4n) is 1.89. The minimum absolute atomic E-state index is 0.0620. The number of thiophene rings is 1. The molecule has 1 aromatic heterocycles. The maximum atomic E-state index is 11.4. The van der Waals surface area contributed by atoms with Crippen LogP contribution in [-0.2, 0) is 16.3 Å². The number of hydrogen-bond acceptors (Lipinski definition) is 5. The third-order valence-electron chi connectivity index (χ3n) is 3.07. The van der Waals surface area contributed by atoms with E-state index in [-0.39, 0.29) is 17.5 Å². The van der Waals surface area contributed by atoms with E-state index >= 15 is 0 Å². The first-order valence-electron chi connectivity index (χ1n) is 6.26. The summed E-state index contributed by atoms with van der Waals surface area (Å²) in [7, 11) is -2.87. The van der Waals surface area contributed by atoms with Crippen LogP contribution in [0.15, 0.2) is 11.4 Å².